The molecule has 0 aromatic rings. The number of rotatable bonds is 11. The van der Waals surface area contributed by atoms with E-state index in [-0.39, 0.29) is 5.41 Å². The third-order valence-electron chi connectivity index (χ3n) is 5.09. The summed E-state index contributed by atoms with van der Waals surface area (Å²) in [6, 6.07) is 0. The second kappa shape index (κ2) is 9.77. The van der Waals surface area contributed by atoms with Gasteiger partial charge in [-0.1, -0.05) is 58.3 Å². The first-order valence-electron chi connectivity index (χ1n) is 8.48. The summed E-state index contributed by atoms with van der Waals surface area (Å²) in [6.07, 6.45) is 15.0. The van der Waals surface area contributed by atoms with E-state index in [4.69, 9.17) is 10.5 Å². The highest BCUT2D eigenvalue weighted by Gasteiger charge is 2.38. The van der Waals surface area contributed by atoms with Gasteiger partial charge in [0.25, 0.3) is 0 Å². The summed E-state index contributed by atoms with van der Waals surface area (Å²) in [5, 5.41) is 0. The van der Waals surface area contributed by atoms with Gasteiger partial charge in [0, 0.05) is 19.1 Å². The first kappa shape index (κ1) is 17.0. The molecule has 0 heterocycles. The van der Waals surface area contributed by atoms with Crippen molar-refractivity contribution in [1.82, 2.24) is 0 Å². The first-order valence-corrected chi connectivity index (χ1v) is 8.48. The maximum atomic E-state index is 6.16. The molecule has 0 radical (unpaired) electrons. The van der Waals surface area contributed by atoms with Gasteiger partial charge >= 0.3 is 0 Å². The quantitative estimate of drug-likeness (QED) is 0.560. The lowest BCUT2D eigenvalue weighted by molar-refractivity contribution is 0.0297. The fraction of sp³-hybridized carbons (Fsp3) is 1.00. The second-order valence-corrected chi connectivity index (χ2v) is 6.50. The summed E-state index contributed by atoms with van der Waals surface area (Å²) < 4.78 is 5.53. The minimum Gasteiger partial charge on any atom is -0.384 e. The van der Waals surface area contributed by atoms with Crippen LogP contribution in [0.15, 0.2) is 0 Å². The van der Waals surface area contributed by atoms with Gasteiger partial charge in [0.05, 0.1) is 6.61 Å². The summed E-state index contributed by atoms with van der Waals surface area (Å²) in [7, 11) is 1.83. The van der Waals surface area contributed by atoms with Gasteiger partial charge in [-0.2, -0.15) is 0 Å². The number of hydrogen-bond acceptors (Lipinski definition) is 2. The summed E-state index contributed by atoms with van der Waals surface area (Å²) in [6.45, 7) is 3.95. The van der Waals surface area contributed by atoms with Crippen molar-refractivity contribution in [3.63, 3.8) is 0 Å². The zero-order valence-corrected chi connectivity index (χ0v) is 13.3. The Bertz CT molecular complexity index is 213. The smallest absolute Gasteiger partial charge is 0.0533 e. The molecular weight excluding hydrogens is 234 g/mol. The molecule has 0 saturated heterocycles. The van der Waals surface area contributed by atoms with E-state index in [0.29, 0.717) is 0 Å². The van der Waals surface area contributed by atoms with Crippen molar-refractivity contribution in [3.8, 4) is 0 Å². The van der Waals surface area contributed by atoms with Gasteiger partial charge in [0.15, 0.2) is 0 Å². The number of methoxy groups -OCH3 is 1. The van der Waals surface area contributed by atoms with Crippen LogP contribution in [0.4, 0.5) is 0 Å². The highest BCUT2D eigenvalue weighted by Crippen LogP contribution is 2.43. The molecule has 114 valence electrons. The average molecular weight is 269 g/mol. The molecule has 1 unspecified atom stereocenters. The van der Waals surface area contributed by atoms with Crippen LogP contribution in [0.3, 0.4) is 0 Å². The van der Waals surface area contributed by atoms with Gasteiger partial charge < -0.3 is 10.5 Å². The minimum absolute atomic E-state index is 0.274. The summed E-state index contributed by atoms with van der Waals surface area (Å²) in [5.74, 6) is 0.813. The standard InChI is InChI=1S/C17H35NO/c1-3-4-5-6-7-10-13-17(14-18,15-19-2)16-11-8-9-12-16/h16H,3-15,18H2,1-2H3. The third-order valence-corrected chi connectivity index (χ3v) is 5.09. The van der Waals surface area contributed by atoms with Gasteiger partial charge in [-0.05, 0) is 25.2 Å². The summed E-state index contributed by atoms with van der Waals surface area (Å²) >= 11 is 0. The number of nitrogens with two attached hydrogens (primary N) is 1. The molecule has 0 aromatic carbocycles. The molecule has 2 nitrogen and oxygen atoms in total. The van der Waals surface area contributed by atoms with Crippen molar-refractivity contribution < 1.29 is 4.74 Å². The lowest BCUT2D eigenvalue weighted by atomic mass is 9.71. The van der Waals surface area contributed by atoms with Crippen LogP contribution in [-0.2, 0) is 4.74 Å². The molecule has 2 N–H and O–H groups in total. The molecule has 0 aromatic heterocycles. The second-order valence-electron chi connectivity index (χ2n) is 6.50. The average Bonchev–Trinajstić information content (AvgIpc) is 2.96. The maximum Gasteiger partial charge on any atom is 0.0533 e. The van der Waals surface area contributed by atoms with Crippen LogP contribution < -0.4 is 5.73 Å². The van der Waals surface area contributed by atoms with Gasteiger partial charge in [0.1, 0.15) is 0 Å². The van der Waals surface area contributed by atoms with Crippen LogP contribution in [0.25, 0.3) is 0 Å². The van der Waals surface area contributed by atoms with Crippen LogP contribution in [0, 0.1) is 11.3 Å². The topological polar surface area (TPSA) is 35.2 Å². The Hall–Kier alpha value is -0.0800. The van der Waals surface area contributed by atoms with E-state index in [1.807, 2.05) is 7.11 Å². The predicted molar refractivity (Wildman–Crippen MR) is 83.3 cm³/mol. The zero-order chi connectivity index (χ0) is 14.0. The van der Waals surface area contributed by atoms with Crippen molar-refractivity contribution in [2.75, 3.05) is 20.3 Å². The molecule has 0 aliphatic heterocycles. The van der Waals surface area contributed by atoms with Crippen molar-refractivity contribution >= 4 is 0 Å². The Labute approximate surface area is 120 Å². The maximum absolute atomic E-state index is 6.16. The summed E-state index contributed by atoms with van der Waals surface area (Å²) in [4.78, 5) is 0. The predicted octanol–water partition coefficient (Wildman–Crippen LogP) is 4.52. The van der Waals surface area contributed by atoms with Crippen molar-refractivity contribution in [2.24, 2.45) is 17.1 Å². The van der Waals surface area contributed by atoms with E-state index in [0.717, 1.165) is 19.1 Å². The van der Waals surface area contributed by atoms with E-state index in [1.165, 1.54) is 70.6 Å². The van der Waals surface area contributed by atoms with Gasteiger partial charge in [-0.25, -0.2) is 0 Å². The van der Waals surface area contributed by atoms with Crippen LogP contribution in [0.1, 0.15) is 77.6 Å². The van der Waals surface area contributed by atoms with Crippen molar-refractivity contribution in [1.29, 1.82) is 0 Å². The Morgan fingerprint density at radius 3 is 2.26 bits per heavy atom. The number of unbranched alkanes of at least 4 members (excludes halogenated alkanes) is 5. The molecule has 1 aliphatic carbocycles. The van der Waals surface area contributed by atoms with E-state index in [1.54, 1.807) is 0 Å². The number of hydrogen-bond donors (Lipinski definition) is 1. The highest BCUT2D eigenvalue weighted by molar-refractivity contribution is 4.90. The monoisotopic (exact) mass is 269 g/mol. The molecule has 1 saturated carbocycles. The number of ether oxygens (including phenoxy) is 1. The lowest BCUT2D eigenvalue weighted by Crippen LogP contribution is -2.41. The van der Waals surface area contributed by atoms with E-state index >= 15 is 0 Å². The Kier molecular flexibility index (Phi) is 8.72. The van der Waals surface area contributed by atoms with Crippen LogP contribution >= 0.6 is 0 Å². The molecule has 1 atom stereocenters. The molecule has 0 amide bonds. The van der Waals surface area contributed by atoms with Crippen molar-refractivity contribution in [3.05, 3.63) is 0 Å². The molecule has 1 aliphatic rings. The Balaban J connectivity index is 2.35. The van der Waals surface area contributed by atoms with E-state index < -0.39 is 0 Å². The first-order chi connectivity index (χ1) is 9.29. The molecule has 19 heavy (non-hydrogen) atoms. The fourth-order valence-electron chi connectivity index (χ4n) is 3.80. The lowest BCUT2D eigenvalue weighted by Gasteiger charge is -2.38. The minimum atomic E-state index is 0.274. The zero-order valence-electron chi connectivity index (χ0n) is 13.3. The molecule has 0 bridgehead atoms. The molecule has 1 rings (SSSR count). The molecule has 2 heteroatoms. The summed E-state index contributed by atoms with van der Waals surface area (Å²) in [5.41, 5.74) is 6.43. The molecule has 0 spiro atoms. The van der Waals surface area contributed by atoms with Crippen molar-refractivity contribution in [2.45, 2.75) is 77.6 Å². The van der Waals surface area contributed by atoms with E-state index in [9.17, 15) is 0 Å². The van der Waals surface area contributed by atoms with Gasteiger partial charge in [-0.15, -0.1) is 0 Å². The third kappa shape index (κ3) is 5.43. The van der Waals surface area contributed by atoms with Crippen LogP contribution in [0.2, 0.25) is 0 Å². The molecule has 1 fully saturated rings. The Morgan fingerprint density at radius 2 is 1.68 bits per heavy atom. The Morgan fingerprint density at radius 1 is 1.05 bits per heavy atom. The molecular formula is C17H35NO. The SMILES string of the molecule is CCCCCCCCC(CN)(COC)C1CCCC1. The normalized spacial score (nSPS) is 19.7. The van der Waals surface area contributed by atoms with Gasteiger partial charge in [0.2, 0.25) is 0 Å². The van der Waals surface area contributed by atoms with E-state index in [2.05, 4.69) is 6.92 Å². The largest absolute Gasteiger partial charge is 0.384 e. The van der Waals surface area contributed by atoms with Crippen LogP contribution in [0.5, 0.6) is 0 Å². The van der Waals surface area contributed by atoms with Gasteiger partial charge in [-0.3, -0.25) is 0 Å². The van der Waals surface area contributed by atoms with Crippen LogP contribution in [-0.4, -0.2) is 20.3 Å². The fourth-order valence-corrected chi connectivity index (χ4v) is 3.80. The highest BCUT2D eigenvalue weighted by atomic mass is 16.5.